The van der Waals surface area contributed by atoms with E-state index in [1.807, 2.05) is 6.26 Å². The van der Waals surface area contributed by atoms with Crippen LogP contribution in [-0.4, -0.2) is 40.8 Å². The molecule has 0 saturated carbocycles. The van der Waals surface area contributed by atoms with Gasteiger partial charge in [-0.3, -0.25) is 14.9 Å². The van der Waals surface area contributed by atoms with Crippen molar-refractivity contribution in [3.63, 3.8) is 0 Å². The molecule has 1 amide bonds. The number of rotatable bonds is 5. The van der Waals surface area contributed by atoms with E-state index in [-0.39, 0.29) is 6.04 Å². The highest BCUT2D eigenvalue weighted by atomic mass is 32.2. The first kappa shape index (κ1) is 16.4. The van der Waals surface area contributed by atoms with E-state index in [9.17, 15) is 23.7 Å². The molecule has 20 heavy (non-hydrogen) atoms. The molecular weight excluding hydrogens is 290 g/mol. The van der Waals surface area contributed by atoms with E-state index < -0.39 is 33.7 Å². The zero-order valence-electron chi connectivity index (χ0n) is 11.2. The lowest BCUT2D eigenvalue weighted by atomic mass is 10.1. The second-order valence-electron chi connectivity index (χ2n) is 4.26. The molecule has 1 atom stereocenters. The summed E-state index contributed by atoms with van der Waals surface area (Å²) >= 11 is 1.51. The normalized spacial score (nSPS) is 12.1. The van der Waals surface area contributed by atoms with Crippen molar-refractivity contribution in [2.45, 2.75) is 13.0 Å². The number of nitro benzene ring substituents is 1. The van der Waals surface area contributed by atoms with Gasteiger partial charge in [0.25, 0.3) is 5.91 Å². The molecule has 1 aromatic carbocycles. The summed E-state index contributed by atoms with van der Waals surface area (Å²) in [6.07, 6.45) is 1.86. The lowest BCUT2D eigenvalue weighted by molar-refractivity contribution is -0.387. The lowest BCUT2D eigenvalue weighted by Crippen LogP contribution is -2.37. The SMILES string of the molecule is CSCC(C)N(C)C(=O)c1cc(F)c([N+](=O)[O-])cc1F. The lowest BCUT2D eigenvalue weighted by Gasteiger charge is -2.24. The van der Waals surface area contributed by atoms with Crippen molar-refractivity contribution in [3.8, 4) is 0 Å². The summed E-state index contributed by atoms with van der Waals surface area (Å²) in [5.41, 5.74) is -1.50. The summed E-state index contributed by atoms with van der Waals surface area (Å²) in [6, 6.07) is 0.823. The molecule has 0 aliphatic heterocycles. The molecule has 0 spiro atoms. The zero-order valence-corrected chi connectivity index (χ0v) is 12.0. The maximum absolute atomic E-state index is 13.7. The summed E-state index contributed by atoms with van der Waals surface area (Å²) < 4.78 is 27.2. The fraction of sp³-hybridized carbons (Fsp3) is 0.417. The molecule has 1 rings (SSSR count). The van der Waals surface area contributed by atoms with Crippen molar-refractivity contribution in [2.24, 2.45) is 0 Å². The Morgan fingerprint density at radius 2 is 2.05 bits per heavy atom. The Bertz CT molecular complexity index is 540. The van der Waals surface area contributed by atoms with Crippen molar-refractivity contribution in [3.05, 3.63) is 39.4 Å². The molecule has 0 bridgehead atoms. The number of nitrogens with zero attached hydrogens (tertiary/aromatic N) is 2. The van der Waals surface area contributed by atoms with Gasteiger partial charge in [0.1, 0.15) is 5.82 Å². The van der Waals surface area contributed by atoms with Gasteiger partial charge >= 0.3 is 5.69 Å². The second kappa shape index (κ2) is 6.65. The van der Waals surface area contributed by atoms with Crippen LogP contribution in [0.5, 0.6) is 0 Å². The number of hydrogen-bond acceptors (Lipinski definition) is 4. The largest absolute Gasteiger partial charge is 0.338 e. The summed E-state index contributed by atoms with van der Waals surface area (Å²) in [4.78, 5) is 22.8. The van der Waals surface area contributed by atoms with Crippen LogP contribution >= 0.6 is 11.8 Å². The monoisotopic (exact) mass is 304 g/mol. The van der Waals surface area contributed by atoms with Crippen LogP contribution in [0.4, 0.5) is 14.5 Å². The molecule has 0 aliphatic rings. The van der Waals surface area contributed by atoms with E-state index in [0.717, 1.165) is 0 Å². The maximum atomic E-state index is 13.7. The van der Waals surface area contributed by atoms with Crippen LogP contribution in [0.1, 0.15) is 17.3 Å². The van der Waals surface area contributed by atoms with Gasteiger partial charge in [0.15, 0.2) is 0 Å². The van der Waals surface area contributed by atoms with Gasteiger partial charge in [0, 0.05) is 18.8 Å². The second-order valence-corrected chi connectivity index (χ2v) is 5.17. The number of amides is 1. The molecule has 1 unspecified atom stereocenters. The van der Waals surface area contributed by atoms with Crippen molar-refractivity contribution < 1.29 is 18.5 Å². The fourth-order valence-electron chi connectivity index (χ4n) is 1.58. The number of carbonyl (C=O) groups is 1. The number of carbonyl (C=O) groups excluding carboxylic acids is 1. The third-order valence-electron chi connectivity index (χ3n) is 2.85. The standard InChI is InChI=1S/C12H14F2N2O3S/c1-7(6-20-3)15(2)12(17)8-4-10(14)11(16(18)19)5-9(8)13/h4-5,7H,6H2,1-3H3. The van der Waals surface area contributed by atoms with Crippen LogP contribution in [0.25, 0.3) is 0 Å². The van der Waals surface area contributed by atoms with Gasteiger partial charge in [-0.25, -0.2) is 4.39 Å². The summed E-state index contributed by atoms with van der Waals surface area (Å²) in [6.45, 7) is 1.77. The van der Waals surface area contributed by atoms with Crippen molar-refractivity contribution in [1.82, 2.24) is 4.90 Å². The maximum Gasteiger partial charge on any atom is 0.307 e. The molecule has 0 aliphatic carbocycles. The van der Waals surface area contributed by atoms with Gasteiger partial charge in [-0.2, -0.15) is 16.2 Å². The fourth-order valence-corrected chi connectivity index (χ4v) is 2.29. The smallest absolute Gasteiger partial charge is 0.307 e. The molecule has 0 radical (unpaired) electrons. The van der Waals surface area contributed by atoms with Crippen LogP contribution < -0.4 is 0 Å². The molecule has 0 N–H and O–H groups in total. The van der Waals surface area contributed by atoms with Crippen molar-refractivity contribution in [1.29, 1.82) is 0 Å². The Labute approximate surface area is 119 Å². The molecular formula is C12H14F2N2O3S. The Hall–Kier alpha value is -1.70. The van der Waals surface area contributed by atoms with Gasteiger partial charge < -0.3 is 4.90 Å². The summed E-state index contributed by atoms with van der Waals surface area (Å²) in [5.74, 6) is -2.41. The van der Waals surface area contributed by atoms with Gasteiger partial charge in [-0.05, 0) is 19.2 Å². The number of halogens is 2. The Morgan fingerprint density at radius 3 is 2.55 bits per heavy atom. The number of benzene rings is 1. The molecule has 0 saturated heterocycles. The minimum atomic E-state index is -1.23. The van der Waals surface area contributed by atoms with Crippen molar-refractivity contribution in [2.75, 3.05) is 19.1 Å². The average Bonchev–Trinajstić information content (AvgIpc) is 2.39. The Morgan fingerprint density at radius 1 is 1.45 bits per heavy atom. The minimum Gasteiger partial charge on any atom is -0.338 e. The zero-order chi connectivity index (χ0) is 15.4. The topological polar surface area (TPSA) is 63.5 Å². The van der Waals surface area contributed by atoms with Crippen LogP contribution in [0.2, 0.25) is 0 Å². The Kier molecular flexibility index (Phi) is 5.43. The van der Waals surface area contributed by atoms with Gasteiger partial charge in [-0.15, -0.1) is 0 Å². The first-order valence-corrected chi connectivity index (χ1v) is 7.08. The first-order chi connectivity index (χ1) is 9.29. The third kappa shape index (κ3) is 3.44. The van der Waals surface area contributed by atoms with E-state index in [2.05, 4.69) is 0 Å². The third-order valence-corrected chi connectivity index (χ3v) is 3.67. The van der Waals surface area contributed by atoms with Crippen molar-refractivity contribution >= 4 is 23.4 Å². The Balaban J connectivity index is 3.11. The predicted octanol–water partition coefficient (Wildman–Crippen LogP) is 2.70. The molecule has 0 fully saturated rings. The molecule has 0 heterocycles. The quantitative estimate of drug-likeness (QED) is 0.620. The summed E-state index contributed by atoms with van der Waals surface area (Å²) in [7, 11) is 1.47. The van der Waals surface area contributed by atoms with E-state index in [1.54, 1.807) is 6.92 Å². The first-order valence-electron chi connectivity index (χ1n) is 5.69. The molecule has 110 valence electrons. The van der Waals surface area contributed by atoms with E-state index in [4.69, 9.17) is 0 Å². The van der Waals surface area contributed by atoms with E-state index in [1.165, 1.54) is 23.7 Å². The molecule has 5 nitrogen and oxygen atoms in total. The van der Waals surface area contributed by atoms with Crippen LogP contribution in [-0.2, 0) is 0 Å². The molecule has 0 aromatic heterocycles. The van der Waals surface area contributed by atoms with Gasteiger partial charge in [-0.1, -0.05) is 0 Å². The van der Waals surface area contributed by atoms with Gasteiger partial charge in [0.05, 0.1) is 16.6 Å². The highest BCUT2D eigenvalue weighted by Crippen LogP contribution is 2.22. The average molecular weight is 304 g/mol. The highest BCUT2D eigenvalue weighted by Gasteiger charge is 2.25. The van der Waals surface area contributed by atoms with Gasteiger partial charge in [0.2, 0.25) is 5.82 Å². The minimum absolute atomic E-state index is 0.171. The van der Waals surface area contributed by atoms with Crippen LogP contribution in [0.15, 0.2) is 12.1 Å². The molecule has 1 aromatic rings. The number of thioether (sulfide) groups is 1. The van der Waals surface area contributed by atoms with E-state index >= 15 is 0 Å². The summed E-state index contributed by atoms with van der Waals surface area (Å²) in [5, 5.41) is 10.5. The molecule has 8 heteroatoms. The highest BCUT2D eigenvalue weighted by molar-refractivity contribution is 7.98. The number of nitro groups is 1. The number of hydrogen-bond donors (Lipinski definition) is 0. The van der Waals surface area contributed by atoms with E-state index in [0.29, 0.717) is 17.9 Å². The predicted molar refractivity (Wildman–Crippen MR) is 72.9 cm³/mol. The van der Waals surface area contributed by atoms with Crippen LogP contribution in [0, 0.1) is 21.7 Å². The van der Waals surface area contributed by atoms with Crippen LogP contribution in [0.3, 0.4) is 0 Å².